The Hall–Kier alpha value is 0.0600. The standard InChI is InChI=1S/C20H37F2IO2/c1-3-5-6-7-8-9-10-11-12-13-14-15-16-18(23)17-20(21,22)19(24)25-4-2/h18H,3-17H2,1-2H3. The first kappa shape index (κ1) is 25.1. The molecule has 0 aromatic heterocycles. The lowest BCUT2D eigenvalue weighted by atomic mass is 10.0. The quantitative estimate of drug-likeness (QED) is 0.0946. The van der Waals surface area contributed by atoms with Crippen molar-refractivity contribution >= 4 is 28.6 Å². The molecule has 0 N–H and O–H groups in total. The van der Waals surface area contributed by atoms with Gasteiger partial charge in [0.05, 0.1) is 6.61 Å². The van der Waals surface area contributed by atoms with Gasteiger partial charge in [0.1, 0.15) is 0 Å². The molecule has 0 aliphatic rings. The van der Waals surface area contributed by atoms with Crippen LogP contribution in [0.25, 0.3) is 0 Å². The van der Waals surface area contributed by atoms with Gasteiger partial charge in [-0.3, -0.25) is 0 Å². The van der Waals surface area contributed by atoms with Crippen molar-refractivity contribution in [3.63, 3.8) is 0 Å². The smallest absolute Gasteiger partial charge is 0.377 e. The van der Waals surface area contributed by atoms with Gasteiger partial charge in [0, 0.05) is 10.3 Å². The molecular formula is C20H37F2IO2. The van der Waals surface area contributed by atoms with E-state index in [4.69, 9.17) is 0 Å². The molecule has 1 atom stereocenters. The monoisotopic (exact) mass is 474 g/mol. The topological polar surface area (TPSA) is 26.3 Å². The maximum atomic E-state index is 13.6. The molecule has 0 bridgehead atoms. The number of alkyl halides is 3. The van der Waals surface area contributed by atoms with Gasteiger partial charge in [0.2, 0.25) is 0 Å². The molecule has 0 aromatic rings. The highest BCUT2D eigenvalue weighted by Gasteiger charge is 2.41. The molecule has 0 aliphatic carbocycles. The minimum atomic E-state index is -3.35. The number of hydrogen-bond acceptors (Lipinski definition) is 2. The second-order valence-electron chi connectivity index (χ2n) is 6.90. The van der Waals surface area contributed by atoms with Crippen molar-refractivity contribution in [2.75, 3.05) is 6.61 Å². The molecule has 25 heavy (non-hydrogen) atoms. The van der Waals surface area contributed by atoms with E-state index in [9.17, 15) is 13.6 Å². The Morgan fingerprint density at radius 1 is 0.880 bits per heavy atom. The summed E-state index contributed by atoms with van der Waals surface area (Å²) < 4.78 is 31.5. The van der Waals surface area contributed by atoms with Crippen LogP contribution in [0, 0.1) is 0 Å². The summed E-state index contributed by atoms with van der Waals surface area (Å²) in [4.78, 5) is 11.2. The molecule has 1 unspecified atom stereocenters. The molecule has 0 fully saturated rings. The molecule has 0 radical (unpaired) electrons. The van der Waals surface area contributed by atoms with Crippen molar-refractivity contribution in [1.82, 2.24) is 0 Å². The van der Waals surface area contributed by atoms with Crippen molar-refractivity contribution in [3.05, 3.63) is 0 Å². The number of unbranched alkanes of at least 4 members (excludes halogenated alkanes) is 11. The molecule has 0 saturated carbocycles. The van der Waals surface area contributed by atoms with E-state index in [1.807, 2.05) is 22.6 Å². The molecule has 0 saturated heterocycles. The van der Waals surface area contributed by atoms with Crippen LogP contribution in [0.1, 0.15) is 104 Å². The Labute approximate surface area is 167 Å². The Balaban J connectivity index is 3.48. The number of halogens is 3. The van der Waals surface area contributed by atoms with Crippen LogP contribution >= 0.6 is 22.6 Å². The van der Waals surface area contributed by atoms with Gasteiger partial charge in [-0.05, 0) is 13.3 Å². The largest absolute Gasteiger partial charge is 0.462 e. The number of carbonyl (C=O) groups is 1. The van der Waals surface area contributed by atoms with Gasteiger partial charge in [-0.25, -0.2) is 4.79 Å². The number of esters is 1. The Bertz CT molecular complexity index is 325. The van der Waals surface area contributed by atoms with Crippen LogP contribution < -0.4 is 0 Å². The lowest BCUT2D eigenvalue weighted by Crippen LogP contribution is -2.33. The minimum absolute atomic E-state index is 0.000917. The third-order valence-corrected chi connectivity index (χ3v) is 5.49. The molecule has 2 nitrogen and oxygen atoms in total. The minimum Gasteiger partial charge on any atom is -0.462 e. The average molecular weight is 474 g/mol. The molecule has 150 valence electrons. The SMILES string of the molecule is CCCCCCCCCCCCCCC(I)CC(F)(F)C(=O)OCC. The van der Waals surface area contributed by atoms with Gasteiger partial charge in [0.15, 0.2) is 0 Å². The molecular weight excluding hydrogens is 437 g/mol. The summed E-state index contributed by atoms with van der Waals surface area (Å²) in [5.74, 6) is -4.73. The van der Waals surface area contributed by atoms with E-state index in [1.165, 1.54) is 64.2 Å². The van der Waals surface area contributed by atoms with Crippen LogP contribution in [0.15, 0.2) is 0 Å². The van der Waals surface area contributed by atoms with Crippen molar-refractivity contribution in [1.29, 1.82) is 0 Å². The van der Waals surface area contributed by atoms with Gasteiger partial charge in [-0.15, -0.1) is 0 Å². The van der Waals surface area contributed by atoms with E-state index in [0.717, 1.165) is 19.3 Å². The first-order valence-electron chi connectivity index (χ1n) is 10.1. The lowest BCUT2D eigenvalue weighted by molar-refractivity contribution is -0.172. The Morgan fingerprint density at radius 2 is 1.32 bits per heavy atom. The molecule has 0 heterocycles. The highest BCUT2D eigenvalue weighted by Crippen LogP contribution is 2.28. The third-order valence-electron chi connectivity index (χ3n) is 4.42. The highest BCUT2D eigenvalue weighted by atomic mass is 127. The van der Waals surface area contributed by atoms with Crippen LogP contribution in [-0.4, -0.2) is 22.4 Å². The van der Waals surface area contributed by atoms with E-state index in [0.29, 0.717) is 0 Å². The van der Waals surface area contributed by atoms with Gasteiger partial charge in [0.25, 0.3) is 0 Å². The zero-order chi connectivity index (χ0) is 19.0. The molecule has 5 heteroatoms. The zero-order valence-corrected chi connectivity index (χ0v) is 18.3. The maximum absolute atomic E-state index is 13.6. The summed E-state index contributed by atoms with van der Waals surface area (Å²) in [6, 6.07) is 0. The summed E-state index contributed by atoms with van der Waals surface area (Å²) >= 11 is 2.03. The van der Waals surface area contributed by atoms with Crippen molar-refractivity contribution < 1.29 is 18.3 Å². The van der Waals surface area contributed by atoms with Crippen molar-refractivity contribution in [3.8, 4) is 0 Å². The average Bonchev–Trinajstić information content (AvgIpc) is 2.55. The summed E-state index contributed by atoms with van der Waals surface area (Å²) in [6.45, 7) is 3.78. The lowest BCUT2D eigenvalue weighted by Gasteiger charge is -2.18. The molecule has 0 aliphatic heterocycles. The van der Waals surface area contributed by atoms with E-state index in [1.54, 1.807) is 6.92 Å². The highest BCUT2D eigenvalue weighted by molar-refractivity contribution is 14.1. The second kappa shape index (κ2) is 16.2. The normalized spacial score (nSPS) is 13.0. The summed E-state index contributed by atoms with van der Waals surface area (Å²) in [5, 5.41) is 0. The fourth-order valence-corrected chi connectivity index (χ4v) is 3.90. The Morgan fingerprint density at radius 3 is 1.76 bits per heavy atom. The molecule has 0 spiro atoms. The second-order valence-corrected chi connectivity index (χ2v) is 8.67. The van der Waals surface area contributed by atoms with Gasteiger partial charge >= 0.3 is 11.9 Å². The van der Waals surface area contributed by atoms with Crippen LogP contribution in [0.5, 0.6) is 0 Å². The van der Waals surface area contributed by atoms with E-state index < -0.39 is 18.3 Å². The predicted octanol–water partition coefficient (Wildman–Crippen LogP) is 7.47. The van der Waals surface area contributed by atoms with Gasteiger partial charge in [-0.2, -0.15) is 8.78 Å². The van der Waals surface area contributed by atoms with E-state index in [2.05, 4.69) is 11.7 Å². The first-order valence-corrected chi connectivity index (χ1v) is 11.4. The Kier molecular flexibility index (Phi) is 16.3. The van der Waals surface area contributed by atoms with Crippen LogP contribution in [-0.2, 0) is 9.53 Å². The van der Waals surface area contributed by atoms with E-state index in [-0.39, 0.29) is 10.5 Å². The third kappa shape index (κ3) is 14.9. The number of rotatable bonds is 17. The van der Waals surface area contributed by atoms with Crippen LogP contribution in [0.3, 0.4) is 0 Å². The number of carbonyl (C=O) groups excluding carboxylic acids is 1. The maximum Gasteiger partial charge on any atom is 0.377 e. The van der Waals surface area contributed by atoms with Gasteiger partial charge < -0.3 is 4.74 Å². The van der Waals surface area contributed by atoms with Gasteiger partial charge in [-0.1, -0.05) is 107 Å². The van der Waals surface area contributed by atoms with E-state index >= 15 is 0 Å². The van der Waals surface area contributed by atoms with Crippen molar-refractivity contribution in [2.45, 2.75) is 114 Å². The first-order chi connectivity index (χ1) is 11.9. The fraction of sp³-hybridized carbons (Fsp3) is 0.950. The number of ether oxygens (including phenoxy) is 1. The summed E-state index contributed by atoms with van der Waals surface area (Å²) in [7, 11) is 0. The summed E-state index contributed by atoms with van der Waals surface area (Å²) in [5.41, 5.74) is 0. The summed E-state index contributed by atoms with van der Waals surface area (Å²) in [6.07, 6.45) is 15.6. The zero-order valence-electron chi connectivity index (χ0n) is 16.1. The van der Waals surface area contributed by atoms with Crippen LogP contribution in [0.2, 0.25) is 0 Å². The fourth-order valence-electron chi connectivity index (χ4n) is 2.91. The van der Waals surface area contributed by atoms with Crippen LogP contribution in [0.4, 0.5) is 8.78 Å². The molecule has 0 rings (SSSR count). The molecule has 0 amide bonds. The van der Waals surface area contributed by atoms with Crippen molar-refractivity contribution in [2.24, 2.45) is 0 Å². The predicted molar refractivity (Wildman–Crippen MR) is 110 cm³/mol. The molecule has 0 aromatic carbocycles. The number of hydrogen-bond donors (Lipinski definition) is 0.